The molecule has 0 radical (unpaired) electrons. The molecule has 1 atom stereocenters. The third-order valence-electron chi connectivity index (χ3n) is 5.86. The van der Waals surface area contributed by atoms with Crippen molar-refractivity contribution in [1.29, 1.82) is 0 Å². The Morgan fingerprint density at radius 1 is 0.676 bits per heavy atom. The molecule has 3 aromatic carbocycles. The van der Waals surface area contributed by atoms with E-state index in [9.17, 15) is 5.11 Å². The number of aromatic hydroxyl groups is 1. The largest absolute Gasteiger partial charge is 0.507 e. The summed E-state index contributed by atoms with van der Waals surface area (Å²) in [6, 6.07) is 37.2. The van der Waals surface area contributed by atoms with Gasteiger partial charge in [0.25, 0.3) is 0 Å². The molecule has 1 N–H and O–H groups in total. The molecule has 5 rings (SSSR count). The van der Waals surface area contributed by atoms with Crippen molar-refractivity contribution in [2.45, 2.75) is 12.8 Å². The van der Waals surface area contributed by atoms with Gasteiger partial charge in [-0.15, -0.1) is 24.3 Å². The fourth-order valence-electron chi connectivity index (χ4n) is 4.13. The number of hydrogen-bond donors (Lipinski definition) is 1. The third-order valence-corrected chi connectivity index (χ3v) is 5.86. The third kappa shape index (κ3) is 4.85. The van der Waals surface area contributed by atoms with Crippen molar-refractivity contribution >= 4 is 0 Å². The first-order chi connectivity index (χ1) is 16.2. The minimum absolute atomic E-state index is 0. The molecule has 0 amide bonds. The molecular weight excluding hydrogens is 599 g/mol. The quantitative estimate of drug-likeness (QED) is 0.212. The molecule has 0 aliphatic rings. The molecule has 4 heteroatoms. The Hall–Kier alpha value is -3.55. The fourth-order valence-corrected chi connectivity index (χ4v) is 4.13. The maximum atomic E-state index is 10.8. The summed E-state index contributed by atoms with van der Waals surface area (Å²) in [4.78, 5) is 9.37. The number of pyridine rings is 2. The predicted octanol–water partition coefficient (Wildman–Crippen LogP) is 7.13. The van der Waals surface area contributed by atoms with E-state index in [1.165, 1.54) is 5.56 Å². The second-order valence-electron chi connectivity index (χ2n) is 7.97. The second-order valence-corrected chi connectivity index (χ2v) is 7.97. The molecule has 2 aromatic heterocycles. The van der Waals surface area contributed by atoms with Gasteiger partial charge in [0.1, 0.15) is 5.75 Å². The Balaban J connectivity index is 0.00000274. The normalized spacial score (nSPS) is 11.4. The zero-order valence-corrected chi connectivity index (χ0v) is 20.9. The van der Waals surface area contributed by atoms with Gasteiger partial charge < -0.3 is 5.11 Å². The van der Waals surface area contributed by atoms with Crippen LogP contribution in [0.25, 0.3) is 33.8 Å². The molecule has 0 saturated heterocycles. The van der Waals surface area contributed by atoms with E-state index >= 15 is 0 Å². The number of hydrogen-bond acceptors (Lipinski definition) is 3. The van der Waals surface area contributed by atoms with E-state index in [1.54, 1.807) is 12.3 Å². The fraction of sp³-hybridized carbons (Fsp3) is 0.0667. The van der Waals surface area contributed by atoms with E-state index < -0.39 is 0 Å². The number of benzene rings is 3. The summed E-state index contributed by atoms with van der Waals surface area (Å²) in [6.45, 7) is 2.15. The Morgan fingerprint density at radius 2 is 1.32 bits per heavy atom. The van der Waals surface area contributed by atoms with E-state index in [1.807, 2.05) is 78.9 Å². The molecule has 0 bridgehead atoms. The van der Waals surface area contributed by atoms with Gasteiger partial charge in [-0.25, -0.2) is 0 Å². The zero-order valence-electron chi connectivity index (χ0n) is 18.6. The van der Waals surface area contributed by atoms with E-state index in [2.05, 4.69) is 36.2 Å². The average molecular weight is 623 g/mol. The van der Waals surface area contributed by atoms with Crippen molar-refractivity contribution in [3.8, 4) is 39.5 Å². The molecule has 0 aliphatic heterocycles. The molecule has 0 saturated carbocycles. The summed E-state index contributed by atoms with van der Waals surface area (Å²) in [5, 5.41) is 10.8. The maximum absolute atomic E-state index is 10.8. The first kappa shape index (κ1) is 23.6. The van der Waals surface area contributed by atoms with Gasteiger partial charge in [0.2, 0.25) is 0 Å². The van der Waals surface area contributed by atoms with Gasteiger partial charge >= 0.3 is 0 Å². The zero-order chi connectivity index (χ0) is 22.6. The first-order valence-corrected chi connectivity index (χ1v) is 11.0. The van der Waals surface area contributed by atoms with Crippen LogP contribution in [0.4, 0.5) is 0 Å². The van der Waals surface area contributed by atoms with Crippen molar-refractivity contribution in [3.63, 3.8) is 0 Å². The number of aromatic nitrogens is 2. The van der Waals surface area contributed by atoms with Crippen molar-refractivity contribution in [2.24, 2.45) is 0 Å². The van der Waals surface area contributed by atoms with Crippen LogP contribution < -0.4 is 0 Å². The van der Waals surface area contributed by atoms with Gasteiger partial charge in [-0.1, -0.05) is 84.8 Å². The minimum Gasteiger partial charge on any atom is -0.507 e. The molecule has 0 aliphatic carbocycles. The van der Waals surface area contributed by atoms with Crippen LogP contribution in [0.3, 0.4) is 0 Å². The van der Waals surface area contributed by atoms with Crippen molar-refractivity contribution in [3.05, 3.63) is 127 Å². The number of nitrogens with zero attached hydrogens (tertiary/aromatic N) is 2. The summed E-state index contributed by atoms with van der Waals surface area (Å²) < 4.78 is 0. The Kier molecular flexibility index (Phi) is 7.35. The van der Waals surface area contributed by atoms with Gasteiger partial charge in [-0.3, -0.25) is 9.97 Å². The van der Waals surface area contributed by atoms with Crippen molar-refractivity contribution in [2.75, 3.05) is 0 Å². The van der Waals surface area contributed by atoms with Crippen LogP contribution in [0.15, 0.2) is 109 Å². The molecule has 1 unspecified atom stereocenters. The Morgan fingerprint density at radius 3 is 2.09 bits per heavy atom. The van der Waals surface area contributed by atoms with Gasteiger partial charge in [-0.05, 0) is 29.3 Å². The molecule has 2 heterocycles. The smallest absolute Gasteiger partial charge is 0.125 e. The average Bonchev–Trinajstić information content (AvgIpc) is 2.89. The molecule has 0 fully saturated rings. The van der Waals surface area contributed by atoms with Crippen molar-refractivity contribution < 1.29 is 26.2 Å². The first-order valence-electron chi connectivity index (χ1n) is 11.0. The Bertz CT molecular complexity index is 1390. The summed E-state index contributed by atoms with van der Waals surface area (Å²) in [6.07, 6.45) is 1.78. The van der Waals surface area contributed by atoms with E-state index in [0.717, 1.165) is 39.3 Å². The topological polar surface area (TPSA) is 46.0 Å². The summed E-state index contributed by atoms with van der Waals surface area (Å²) >= 11 is 0. The number of phenolic OH excluding ortho intramolecular Hbond substituents is 1. The van der Waals surface area contributed by atoms with Crippen LogP contribution in [0, 0.1) is 6.07 Å². The Labute approximate surface area is 214 Å². The summed E-state index contributed by atoms with van der Waals surface area (Å²) in [5.74, 6) is 0.337. The van der Waals surface area contributed by atoms with Crippen LogP contribution in [0.2, 0.25) is 0 Å². The van der Waals surface area contributed by atoms with Crippen LogP contribution >= 0.6 is 0 Å². The molecule has 3 nitrogen and oxygen atoms in total. The molecule has 5 aromatic rings. The maximum Gasteiger partial charge on any atom is 0.125 e. The molecule has 170 valence electrons. The summed E-state index contributed by atoms with van der Waals surface area (Å²) in [5.41, 5.74) is 7.20. The number of phenols is 1. The van der Waals surface area contributed by atoms with E-state index in [0.29, 0.717) is 0 Å². The monoisotopic (exact) mass is 622 g/mol. The van der Waals surface area contributed by atoms with Gasteiger partial charge in [0, 0.05) is 50.1 Å². The number of rotatable bonds is 5. The molecular formula is C30H23N2OPt-. The van der Waals surface area contributed by atoms with Gasteiger partial charge in [0.05, 0.1) is 5.69 Å². The van der Waals surface area contributed by atoms with Crippen LogP contribution in [-0.4, -0.2) is 15.1 Å². The van der Waals surface area contributed by atoms with Crippen molar-refractivity contribution in [1.82, 2.24) is 9.97 Å². The van der Waals surface area contributed by atoms with E-state index in [-0.39, 0.29) is 32.7 Å². The minimum atomic E-state index is 0. The predicted molar refractivity (Wildman–Crippen MR) is 133 cm³/mol. The standard InChI is InChI=1S/C30H23N2O.Pt/c1-21(22-10-3-2-4-11-22)25-14-8-18-29(33)30(25)28-17-9-16-27(32-28)24-13-7-12-23(20-24)26-15-5-6-19-31-26;/h2-19,21,33H,1H3;/q-1;. The molecule has 34 heavy (non-hydrogen) atoms. The second kappa shape index (κ2) is 10.6. The molecule has 0 spiro atoms. The van der Waals surface area contributed by atoms with Crippen LogP contribution in [-0.2, 0) is 21.1 Å². The van der Waals surface area contributed by atoms with Crippen LogP contribution in [0.5, 0.6) is 5.75 Å². The van der Waals surface area contributed by atoms with Gasteiger partial charge in [-0.2, -0.15) is 0 Å². The van der Waals surface area contributed by atoms with Gasteiger partial charge in [0.15, 0.2) is 0 Å². The van der Waals surface area contributed by atoms with E-state index in [4.69, 9.17) is 4.98 Å². The summed E-state index contributed by atoms with van der Waals surface area (Å²) in [7, 11) is 0. The van der Waals surface area contributed by atoms with Crippen LogP contribution in [0.1, 0.15) is 24.0 Å². The SMILES string of the molecule is CC(c1ccccc1)c1cccc(O)c1-c1cccc(-c2[c-]c(-c3ccccn3)ccc2)n1.[Pt].